The molecule has 30 heavy (non-hydrogen) atoms. The van der Waals surface area contributed by atoms with Crippen LogP contribution in [0.4, 0.5) is 14.4 Å². The molecule has 2 rings (SSSR count). The predicted octanol–water partition coefficient (Wildman–Crippen LogP) is 4.06. The summed E-state index contributed by atoms with van der Waals surface area (Å²) in [5.41, 5.74) is -1.03. The third-order valence-corrected chi connectivity index (χ3v) is 4.03. The van der Waals surface area contributed by atoms with Gasteiger partial charge in [-0.1, -0.05) is 0 Å². The lowest BCUT2D eigenvalue weighted by Gasteiger charge is -2.28. The second-order valence-electron chi connectivity index (χ2n) is 8.36. The molecule has 1 aromatic heterocycles. The highest BCUT2D eigenvalue weighted by atomic mass is 127. The van der Waals surface area contributed by atoms with E-state index in [4.69, 9.17) is 14.6 Å². The Balaban J connectivity index is 0.000000300. The Morgan fingerprint density at radius 2 is 1.57 bits per heavy atom. The van der Waals surface area contributed by atoms with Gasteiger partial charge < -0.3 is 19.3 Å². The zero-order valence-corrected chi connectivity index (χ0v) is 20.0. The zero-order valence-electron chi connectivity index (χ0n) is 17.9. The van der Waals surface area contributed by atoms with Gasteiger partial charge in [-0.2, -0.15) is 5.10 Å². The fourth-order valence-corrected chi connectivity index (χ4v) is 2.80. The van der Waals surface area contributed by atoms with Crippen LogP contribution in [0, 0.1) is 3.57 Å². The fourth-order valence-electron chi connectivity index (χ4n) is 2.20. The Morgan fingerprint density at radius 3 is 1.97 bits per heavy atom. The minimum atomic E-state index is -1.21. The summed E-state index contributed by atoms with van der Waals surface area (Å²) in [5, 5.41) is 12.9. The van der Waals surface area contributed by atoms with E-state index in [0.717, 1.165) is 4.90 Å². The van der Waals surface area contributed by atoms with Crippen molar-refractivity contribution in [3.05, 3.63) is 15.5 Å². The molecule has 0 fully saturated rings. The van der Waals surface area contributed by atoms with Gasteiger partial charge >= 0.3 is 18.4 Å². The number of carbonyl (C=O) groups excluding carboxylic acids is 3. The predicted molar refractivity (Wildman–Crippen MR) is 112 cm³/mol. The molecule has 1 aliphatic rings. The fraction of sp³-hybridized carbons (Fsp3) is 0.611. The molecule has 0 radical (unpaired) electrons. The van der Waals surface area contributed by atoms with Gasteiger partial charge in [0.15, 0.2) is 0 Å². The Bertz CT molecular complexity index is 796. The van der Waals surface area contributed by atoms with E-state index < -0.39 is 35.5 Å². The number of halogens is 1. The molecule has 1 atom stereocenters. The third kappa shape index (κ3) is 7.80. The molecule has 0 saturated heterocycles. The van der Waals surface area contributed by atoms with Crippen molar-refractivity contribution in [2.75, 3.05) is 6.54 Å². The monoisotopic (exact) mass is 539 g/mol. The molecule has 0 saturated carbocycles. The largest absolute Gasteiger partial charge is 0.519 e. The van der Waals surface area contributed by atoms with Crippen molar-refractivity contribution in [3.8, 4) is 0 Å². The molecule has 0 aliphatic carbocycles. The van der Waals surface area contributed by atoms with Gasteiger partial charge in [0.25, 0.3) is 5.91 Å². The molecule has 2 heterocycles. The molecule has 0 bridgehead atoms. The van der Waals surface area contributed by atoms with Crippen molar-refractivity contribution in [1.82, 2.24) is 14.7 Å². The van der Waals surface area contributed by atoms with Crippen LogP contribution >= 0.6 is 22.6 Å². The molecular weight excluding hydrogens is 513 g/mol. The van der Waals surface area contributed by atoms with E-state index in [2.05, 4.69) is 9.84 Å². The molecule has 11 nitrogen and oxygen atoms in total. The number of imide groups is 1. The lowest BCUT2D eigenvalue weighted by atomic mass is 10.2. The molecule has 0 spiro atoms. The highest BCUT2D eigenvalue weighted by Crippen LogP contribution is 2.24. The van der Waals surface area contributed by atoms with Crippen LogP contribution < -0.4 is 0 Å². The number of fused-ring (bicyclic) bond motifs is 1. The van der Waals surface area contributed by atoms with Crippen LogP contribution in [0.1, 0.15) is 65.0 Å². The van der Waals surface area contributed by atoms with Gasteiger partial charge in [-0.3, -0.25) is 9.48 Å². The van der Waals surface area contributed by atoms with Crippen LogP contribution in [-0.4, -0.2) is 61.8 Å². The van der Waals surface area contributed by atoms with Gasteiger partial charge in [0.1, 0.15) is 16.9 Å². The van der Waals surface area contributed by atoms with Gasteiger partial charge in [0.2, 0.25) is 0 Å². The molecule has 12 heteroatoms. The third-order valence-electron chi connectivity index (χ3n) is 3.24. The summed E-state index contributed by atoms with van der Waals surface area (Å²) >= 11 is 1.97. The summed E-state index contributed by atoms with van der Waals surface area (Å²) in [6, 6.07) is -0.114. The number of hydrogen-bond donors (Lipinski definition) is 1. The van der Waals surface area contributed by atoms with E-state index in [0.29, 0.717) is 9.26 Å². The first-order chi connectivity index (χ1) is 13.5. The van der Waals surface area contributed by atoms with Gasteiger partial charge in [0, 0.05) is 0 Å². The second-order valence-corrected chi connectivity index (χ2v) is 9.53. The minimum Gasteiger partial charge on any atom is -0.465 e. The first kappa shape index (κ1) is 25.7. The van der Waals surface area contributed by atoms with Crippen LogP contribution in [-0.2, 0) is 14.2 Å². The lowest BCUT2D eigenvalue weighted by molar-refractivity contribution is -0.0294. The minimum absolute atomic E-state index is 0.114. The Kier molecular flexibility index (Phi) is 8.23. The normalized spacial score (nSPS) is 16.1. The zero-order chi connectivity index (χ0) is 23.4. The summed E-state index contributed by atoms with van der Waals surface area (Å²) in [4.78, 5) is 45.4. The van der Waals surface area contributed by atoms with E-state index in [9.17, 15) is 19.2 Å². The van der Waals surface area contributed by atoms with Crippen LogP contribution in [0.15, 0.2) is 6.20 Å². The second kappa shape index (κ2) is 9.62. The van der Waals surface area contributed by atoms with E-state index in [1.165, 1.54) is 0 Å². The molecule has 1 N–H and O–H groups in total. The average molecular weight is 539 g/mol. The first-order valence-corrected chi connectivity index (χ1v) is 10.0. The molecule has 1 aliphatic heterocycles. The van der Waals surface area contributed by atoms with Crippen molar-refractivity contribution in [2.24, 2.45) is 0 Å². The number of nitrogens with zero attached hydrogens (tertiary/aromatic N) is 3. The van der Waals surface area contributed by atoms with Crippen LogP contribution in [0.5, 0.6) is 0 Å². The number of rotatable bonds is 0. The molecule has 0 unspecified atom stereocenters. The quantitative estimate of drug-likeness (QED) is 0.294. The SMILES string of the molecule is CC(C)(C)OC(=O)OC(=O)OC(C)(C)C.C[C@H]1CN(C(=O)O)C(=O)c2c(I)cnn21. The number of carboxylic acid groups (broad SMARTS) is 1. The topological polar surface area (TPSA) is 137 Å². The molecular formula is C18H26IN3O8. The summed E-state index contributed by atoms with van der Waals surface area (Å²) in [6.07, 6.45) is -1.76. The summed E-state index contributed by atoms with van der Waals surface area (Å²) in [7, 11) is 0. The van der Waals surface area contributed by atoms with Crippen molar-refractivity contribution in [1.29, 1.82) is 0 Å². The summed E-state index contributed by atoms with van der Waals surface area (Å²) in [5.74, 6) is -0.498. The van der Waals surface area contributed by atoms with Gasteiger partial charge in [-0.25, -0.2) is 19.3 Å². The van der Waals surface area contributed by atoms with Gasteiger partial charge in [0.05, 0.1) is 22.4 Å². The van der Waals surface area contributed by atoms with E-state index >= 15 is 0 Å². The highest BCUT2D eigenvalue weighted by molar-refractivity contribution is 14.1. The van der Waals surface area contributed by atoms with Crippen molar-refractivity contribution < 1.29 is 38.5 Å². The molecule has 2 amide bonds. The van der Waals surface area contributed by atoms with Crippen molar-refractivity contribution in [2.45, 2.75) is 65.7 Å². The number of amides is 2. The summed E-state index contributed by atoms with van der Waals surface area (Å²) < 4.78 is 16.1. The Labute approximate surface area is 187 Å². The van der Waals surface area contributed by atoms with Crippen LogP contribution in [0.3, 0.4) is 0 Å². The first-order valence-electron chi connectivity index (χ1n) is 8.93. The van der Waals surface area contributed by atoms with Gasteiger partial charge in [-0.05, 0) is 71.1 Å². The van der Waals surface area contributed by atoms with Crippen LogP contribution in [0.25, 0.3) is 0 Å². The number of carbonyl (C=O) groups is 4. The van der Waals surface area contributed by atoms with E-state index in [-0.39, 0.29) is 12.6 Å². The molecule has 1 aromatic rings. The maximum Gasteiger partial charge on any atom is 0.519 e. The maximum atomic E-state index is 11.8. The average Bonchev–Trinajstić information content (AvgIpc) is 2.90. The van der Waals surface area contributed by atoms with Gasteiger partial charge in [-0.15, -0.1) is 0 Å². The molecule has 168 valence electrons. The summed E-state index contributed by atoms with van der Waals surface area (Å²) in [6.45, 7) is 12.0. The molecule has 0 aromatic carbocycles. The lowest BCUT2D eigenvalue weighted by Crippen LogP contribution is -2.45. The van der Waals surface area contributed by atoms with E-state index in [1.807, 2.05) is 29.5 Å². The number of aromatic nitrogens is 2. The smallest absolute Gasteiger partial charge is 0.465 e. The Morgan fingerprint density at radius 1 is 1.10 bits per heavy atom. The number of ether oxygens (including phenoxy) is 3. The number of hydrogen-bond acceptors (Lipinski definition) is 8. The standard InChI is InChI=1S/C10H18O5.C8H8IN3O3/c1-9(2,3)14-7(11)13-8(12)15-10(4,5)6;1-4-3-11(8(14)15)7(13)6-5(9)2-10-12(4)6/h1-6H3;2,4H,3H2,1H3,(H,14,15)/t;4-/m.0/s1. The van der Waals surface area contributed by atoms with Crippen molar-refractivity contribution in [3.63, 3.8) is 0 Å². The maximum absolute atomic E-state index is 11.8. The van der Waals surface area contributed by atoms with E-state index in [1.54, 1.807) is 52.4 Å². The van der Waals surface area contributed by atoms with Crippen molar-refractivity contribution >= 4 is 46.9 Å². The van der Waals surface area contributed by atoms with Crippen LogP contribution in [0.2, 0.25) is 0 Å². The Hall–Kier alpha value is -2.38. The highest BCUT2D eigenvalue weighted by Gasteiger charge is 2.35.